The average molecular weight is 192 g/mol. The van der Waals surface area contributed by atoms with Gasteiger partial charge in [-0.05, 0) is 25.1 Å². The molecule has 2 heterocycles. The number of hydrogen-bond acceptors (Lipinski definition) is 3. The van der Waals surface area contributed by atoms with E-state index in [0.717, 1.165) is 5.69 Å². The standard InChI is InChI=1S/C10H12N2O2/c1-7-6-8(11-12(7)2)10(13)9-4-3-5-14-9/h3-6,10,13H,1-2H3. The quantitative estimate of drug-likeness (QED) is 0.782. The third-order valence-corrected chi connectivity index (χ3v) is 2.23. The van der Waals surface area contributed by atoms with Crippen molar-refractivity contribution in [3.05, 3.63) is 41.6 Å². The molecule has 2 aromatic rings. The Morgan fingerprint density at radius 2 is 2.36 bits per heavy atom. The molecule has 4 nitrogen and oxygen atoms in total. The highest BCUT2D eigenvalue weighted by Crippen LogP contribution is 2.21. The van der Waals surface area contributed by atoms with E-state index in [9.17, 15) is 5.11 Å². The summed E-state index contributed by atoms with van der Waals surface area (Å²) in [5.41, 5.74) is 1.62. The van der Waals surface area contributed by atoms with Crippen molar-refractivity contribution in [1.82, 2.24) is 9.78 Å². The highest BCUT2D eigenvalue weighted by atomic mass is 16.4. The van der Waals surface area contributed by atoms with Crippen LogP contribution in [-0.4, -0.2) is 14.9 Å². The molecule has 1 atom stereocenters. The average Bonchev–Trinajstić information content (AvgIpc) is 2.76. The Bertz CT molecular complexity index is 398. The largest absolute Gasteiger partial charge is 0.466 e. The first-order chi connectivity index (χ1) is 6.68. The summed E-state index contributed by atoms with van der Waals surface area (Å²) >= 11 is 0. The number of hydrogen-bond donors (Lipinski definition) is 1. The summed E-state index contributed by atoms with van der Waals surface area (Å²) in [6.07, 6.45) is 0.763. The van der Waals surface area contributed by atoms with Gasteiger partial charge in [0, 0.05) is 12.7 Å². The van der Waals surface area contributed by atoms with Crippen molar-refractivity contribution in [3.8, 4) is 0 Å². The molecule has 0 fully saturated rings. The smallest absolute Gasteiger partial charge is 0.155 e. The lowest BCUT2D eigenvalue weighted by Crippen LogP contribution is -2.00. The lowest BCUT2D eigenvalue weighted by atomic mass is 10.2. The highest BCUT2D eigenvalue weighted by Gasteiger charge is 2.16. The van der Waals surface area contributed by atoms with Crippen molar-refractivity contribution in [2.75, 3.05) is 0 Å². The lowest BCUT2D eigenvalue weighted by Gasteiger charge is -2.02. The van der Waals surface area contributed by atoms with Gasteiger partial charge >= 0.3 is 0 Å². The summed E-state index contributed by atoms with van der Waals surface area (Å²) < 4.78 is 6.82. The van der Waals surface area contributed by atoms with Gasteiger partial charge in [0.15, 0.2) is 6.10 Å². The van der Waals surface area contributed by atoms with E-state index < -0.39 is 6.10 Å². The van der Waals surface area contributed by atoms with Crippen LogP contribution in [0.15, 0.2) is 28.9 Å². The summed E-state index contributed by atoms with van der Waals surface area (Å²) in [6.45, 7) is 1.94. The van der Waals surface area contributed by atoms with Crippen LogP contribution in [0.3, 0.4) is 0 Å². The van der Waals surface area contributed by atoms with Crippen LogP contribution in [0.25, 0.3) is 0 Å². The zero-order valence-corrected chi connectivity index (χ0v) is 8.14. The molecular weight excluding hydrogens is 180 g/mol. The first-order valence-corrected chi connectivity index (χ1v) is 4.40. The first kappa shape index (κ1) is 9.02. The van der Waals surface area contributed by atoms with Crippen LogP contribution in [0.1, 0.15) is 23.3 Å². The Labute approximate surface area is 81.8 Å². The van der Waals surface area contributed by atoms with E-state index in [4.69, 9.17) is 4.42 Å². The normalized spacial score (nSPS) is 13.1. The van der Waals surface area contributed by atoms with Crippen LogP contribution in [0.2, 0.25) is 0 Å². The fraction of sp³-hybridized carbons (Fsp3) is 0.300. The van der Waals surface area contributed by atoms with Gasteiger partial charge in [-0.25, -0.2) is 0 Å². The van der Waals surface area contributed by atoms with Crippen LogP contribution < -0.4 is 0 Å². The summed E-state index contributed by atoms with van der Waals surface area (Å²) in [4.78, 5) is 0. The Morgan fingerprint density at radius 1 is 1.57 bits per heavy atom. The maximum atomic E-state index is 9.85. The molecule has 2 aromatic heterocycles. The van der Waals surface area contributed by atoms with Crippen molar-refractivity contribution in [2.24, 2.45) is 7.05 Å². The van der Waals surface area contributed by atoms with Gasteiger partial charge in [-0.3, -0.25) is 4.68 Å². The van der Waals surface area contributed by atoms with Crippen LogP contribution in [0.4, 0.5) is 0 Å². The lowest BCUT2D eigenvalue weighted by molar-refractivity contribution is 0.184. The van der Waals surface area contributed by atoms with E-state index in [1.54, 1.807) is 16.8 Å². The molecule has 0 bridgehead atoms. The van der Waals surface area contributed by atoms with Gasteiger partial charge in [-0.1, -0.05) is 0 Å². The minimum atomic E-state index is -0.773. The second kappa shape index (κ2) is 3.31. The Balaban J connectivity index is 2.32. The van der Waals surface area contributed by atoms with Gasteiger partial charge in [0.2, 0.25) is 0 Å². The van der Waals surface area contributed by atoms with E-state index in [-0.39, 0.29) is 0 Å². The molecule has 0 aliphatic carbocycles. The molecule has 0 aliphatic rings. The molecule has 0 radical (unpaired) electrons. The van der Waals surface area contributed by atoms with E-state index >= 15 is 0 Å². The summed E-state index contributed by atoms with van der Waals surface area (Å²) in [6, 6.07) is 5.32. The summed E-state index contributed by atoms with van der Waals surface area (Å²) in [5.74, 6) is 0.517. The monoisotopic (exact) mass is 192 g/mol. The van der Waals surface area contributed by atoms with E-state index in [2.05, 4.69) is 5.10 Å². The van der Waals surface area contributed by atoms with Gasteiger partial charge < -0.3 is 9.52 Å². The predicted molar refractivity (Wildman–Crippen MR) is 50.7 cm³/mol. The van der Waals surface area contributed by atoms with Crippen LogP contribution in [0, 0.1) is 6.92 Å². The van der Waals surface area contributed by atoms with Crippen molar-refractivity contribution in [3.63, 3.8) is 0 Å². The van der Waals surface area contributed by atoms with Gasteiger partial charge in [-0.2, -0.15) is 5.10 Å². The molecule has 0 saturated carbocycles. The van der Waals surface area contributed by atoms with Crippen LogP contribution in [-0.2, 0) is 7.05 Å². The van der Waals surface area contributed by atoms with Crippen molar-refractivity contribution >= 4 is 0 Å². The minimum absolute atomic E-state index is 0.517. The molecule has 0 spiro atoms. The van der Waals surface area contributed by atoms with Crippen molar-refractivity contribution < 1.29 is 9.52 Å². The predicted octanol–water partition coefficient (Wildman–Crippen LogP) is 1.40. The molecule has 1 unspecified atom stereocenters. The van der Waals surface area contributed by atoms with Gasteiger partial charge in [0.25, 0.3) is 0 Å². The Morgan fingerprint density at radius 3 is 2.86 bits per heavy atom. The number of nitrogens with zero attached hydrogens (tertiary/aromatic N) is 2. The molecule has 0 aromatic carbocycles. The molecule has 0 amide bonds. The highest BCUT2D eigenvalue weighted by molar-refractivity contribution is 5.19. The second-order valence-corrected chi connectivity index (χ2v) is 3.25. The van der Waals surface area contributed by atoms with Crippen LogP contribution >= 0.6 is 0 Å². The van der Waals surface area contributed by atoms with Gasteiger partial charge in [0.1, 0.15) is 5.76 Å². The second-order valence-electron chi connectivity index (χ2n) is 3.25. The number of aliphatic hydroxyl groups excluding tert-OH is 1. The van der Waals surface area contributed by atoms with E-state index in [1.807, 2.05) is 20.0 Å². The maximum absolute atomic E-state index is 9.85. The zero-order valence-electron chi connectivity index (χ0n) is 8.14. The molecule has 0 aliphatic heterocycles. The SMILES string of the molecule is Cc1cc(C(O)c2ccco2)nn1C. The van der Waals surface area contributed by atoms with E-state index in [1.165, 1.54) is 6.26 Å². The molecular formula is C10H12N2O2. The summed E-state index contributed by atoms with van der Waals surface area (Å²) in [5, 5.41) is 14.0. The third-order valence-electron chi connectivity index (χ3n) is 2.23. The van der Waals surface area contributed by atoms with Crippen LogP contribution in [0.5, 0.6) is 0 Å². The van der Waals surface area contributed by atoms with Crippen molar-refractivity contribution in [2.45, 2.75) is 13.0 Å². The van der Waals surface area contributed by atoms with Crippen molar-refractivity contribution in [1.29, 1.82) is 0 Å². The third kappa shape index (κ3) is 1.44. The fourth-order valence-electron chi connectivity index (χ4n) is 1.31. The molecule has 1 N–H and O–H groups in total. The molecule has 0 saturated heterocycles. The van der Waals surface area contributed by atoms with Gasteiger partial charge in [0.05, 0.1) is 12.0 Å². The molecule has 2 rings (SSSR count). The zero-order chi connectivity index (χ0) is 10.1. The number of rotatable bonds is 2. The molecule has 14 heavy (non-hydrogen) atoms. The fourth-order valence-corrected chi connectivity index (χ4v) is 1.31. The van der Waals surface area contributed by atoms with Gasteiger partial charge in [-0.15, -0.1) is 0 Å². The number of aliphatic hydroxyl groups is 1. The minimum Gasteiger partial charge on any atom is -0.466 e. The number of aryl methyl sites for hydroxylation is 2. The topological polar surface area (TPSA) is 51.2 Å². The number of furan rings is 1. The Hall–Kier alpha value is -1.55. The number of aromatic nitrogens is 2. The maximum Gasteiger partial charge on any atom is 0.155 e. The molecule has 74 valence electrons. The van der Waals surface area contributed by atoms with E-state index in [0.29, 0.717) is 11.5 Å². The summed E-state index contributed by atoms with van der Waals surface area (Å²) in [7, 11) is 1.84. The molecule has 4 heteroatoms. The first-order valence-electron chi connectivity index (χ1n) is 4.40. The Kier molecular flexibility index (Phi) is 2.13.